The van der Waals surface area contributed by atoms with Crippen molar-refractivity contribution in [3.05, 3.63) is 41.1 Å². The van der Waals surface area contributed by atoms with Gasteiger partial charge in [0, 0.05) is 22.8 Å². The molecule has 0 unspecified atom stereocenters. The van der Waals surface area contributed by atoms with Crippen LogP contribution in [-0.2, 0) is 6.54 Å². The van der Waals surface area contributed by atoms with Gasteiger partial charge < -0.3 is 0 Å². The van der Waals surface area contributed by atoms with Crippen molar-refractivity contribution >= 4 is 15.9 Å². The molecule has 0 bridgehead atoms. The van der Waals surface area contributed by atoms with Crippen molar-refractivity contribution in [3.8, 4) is 11.1 Å². The summed E-state index contributed by atoms with van der Waals surface area (Å²) in [6, 6.07) is 8.32. The summed E-state index contributed by atoms with van der Waals surface area (Å²) in [4.78, 5) is 0. The van der Waals surface area contributed by atoms with E-state index in [-0.39, 0.29) is 0 Å². The molecule has 0 saturated heterocycles. The molecule has 3 heteroatoms. The zero-order valence-corrected chi connectivity index (χ0v) is 11.8. The van der Waals surface area contributed by atoms with Gasteiger partial charge in [-0.2, -0.15) is 5.10 Å². The molecule has 1 aromatic heterocycles. The molecule has 0 saturated carbocycles. The van der Waals surface area contributed by atoms with Gasteiger partial charge in [-0.3, -0.25) is 4.68 Å². The SMILES string of the molecule is CC(C)CCn1cc(-c2ccc(Br)cc2)cn1. The van der Waals surface area contributed by atoms with Gasteiger partial charge in [0.15, 0.2) is 0 Å². The largest absolute Gasteiger partial charge is 0.272 e. The van der Waals surface area contributed by atoms with Crippen LogP contribution < -0.4 is 0 Å². The van der Waals surface area contributed by atoms with Gasteiger partial charge in [0.05, 0.1) is 6.20 Å². The van der Waals surface area contributed by atoms with Crippen LogP contribution in [-0.4, -0.2) is 9.78 Å². The molecule has 90 valence electrons. The standard InChI is InChI=1S/C14H17BrN2/c1-11(2)7-8-17-10-13(9-16-17)12-3-5-14(15)6-4-12/h3-6,9-11H,7-8H2,1-2H3. The first-order chi connectivity index (χ1) is 8.15. The van der Waals surface area contributed by atoms with Gasteiger partial charge in [0.25, 0.3) is 0 Å². The molecule has 0 fully saturated rings. The molecule has 0 spiro atoms. The lowest BCUT2D eigenvalue weighted by molar-refractivity contribution is 0.487. The van der Waals surface area contributed by atoms with Crippen molar-refractivity contribution in [1.29, 1.82) is 0 Å². The Hall–Kier alpha value is -1.09. The number of rotatable bonds is 4. The number of hydrogen-bond acceptors (Lipinski definition) is 1. The van der Waals surface area contributed by atoms with Crippen molar-refractivity contribution < 1.29 is 0 Å². The van der Waals surface area contributed by atoms with Crippen LogP contribution in [0.15, 0.2) is 41.1 Å². The maximum Gasteiger partial charge on any atom is 0.0568 e. The molecule has 0 atom stereocenters. The fourth-order valence-corrected chi connectivity index (χ4v) is 1.93. The summed E-state index contributed by atoms with van der Waals surface area (Å²) in [5, 5.41) is 4.39. The van der Waals surface area contributed by atoms with E-state index in [2.05, 4.69) is 65.3 Å². The Labute approximate surface area is 111 Å². The van der Waals surface area contributed by atoms with Gasteiger partial charge in [-0.15, -0.1) is 0 Å². The molecular weight excluding hydrogens is 276 g/mol. The molecule has 17 heavy (non-hydrogen) atoms. The third-order valence-electron chi connectivity index (χ3n) is 2.75. The minimum atomic E-state index is 0.718. The summed E-state index contributed by atoms with van der Waals surface area (Å²) >= 11 is 3.44. The predicted octanol–water partition coefficient (Wildman–Crippen LogP) is 4.36. The van der Waals surface area contributed by atoms with Crippen LogP contribution in [0.25, 0.3) is 11.1 Å². The average Bonchev–Trinajstić information content (AvgIpc) is 2.76. The van der Waals surface area contributed by atoms with Crippen molar-refractivity contribution in [2.24, 2.45) is 5.92 Å². The van der Waals surface area contributed by atoms with Crippen LogP contribution >= 0.6 is 15.9 Å². The topological polar surface area (TPSA) is 17.8 Å². The van der Waals surface area contributed by atoms with Crippen LogP contribution in [0.4, 0.5) is 0 Å². The molecule has 0 aliphatic rings. The maximum absolute atomic E-state index is 4.39. The highest BCUT2D eigenvalue weighted by Gasteiger charge is 2.02. The van der Waals surface area contributed by atoms with Crippen LogP contribution in [0.1, 0.15) is 20.3 Å². The lowest BCUT2D eigenvalue weighted by Crippen LogP contribution is -2.01. The minimum absolute atomic E-state index is 0.718. The quantitative estimate of drug-likeness (QED) is 0.819. The Morgan fingerprint density at radius 3 is 2.53 bits per heavy atom. The third kappa shape index (κ3) is 3.43. The van der Waals surface area contributed by atoms with E-state index < -0.39 is 0 Å². The normalized spacial score (nSPS) is 11.1. The van der Waals surface area contributed by atoms with E-state index in [0.717, 1.165) is 16.9 Å². The molecule has 0 N–H and O–H groups in total. The first kappa shape index (κ1) is 12.4. The second kappa shape index (κ2) is 5.50. The highest BCUT2D eigenvalue weighted by Crippen LogP contribution is 2.21. The van der Waals surface area contributed by atoms with E-state index in [4.69, 9.17) is 0 Å². The minimum Gasteiger partial charge on any atom is -0.272 e. The van der Waals surface area contributed by atoms with Crippen LogP contribution in [0.2, 0.25) is 0 Å². The van der Waals surface area contributed by atoms with Crippen LogP contribution in [0.3, 0.4) is 0 Å². The number of hydrogen-bond donors (Lipinski definition) is 0. The number of benzene rings is 1. The van der Waals surface area contributed by atoms with Crippen LogP contribution in [0.5, 0.6) is 0 Å². The summed E-state index contributed by atoms with van der Waals surface area (Å²) in [5.74, 6) is 0.718. The number of aromatic nitrogens is 2. The third-order valence-corrected chi connectivity index (χ3v) is 3.28. The van der Waals surface area contributed by atoms with Gasteiger partial charge >= 0.3 is 0 Å². The summed E-state index contributed by atoms with van der Waals surface area (Å²) in [7, 11) is 0. The molecule has 0 radical (unpaired) electrons. The van der Waals surface area contributed by atoms with E-state index >= 15 is 0 Å². The molecule has 2 rings (SSSR count). The van der Waals surface area contributed by atoms with Gasteiger partial charge in [-0.25, -0.2) is 0 Å². The van der Waals surface area contributed by atoms with Crippen LogP contribution in [0, 0.1) is 5.92 Å². The van der Waals surface area contributed by atoms with E-state index in [1.54, 1.807) is 0 Å². The molecule has 0 aliphatic carbocycles. The Morgan fingerprint density at radius 1 is 1.18 bits per heavy atom. The Kier molecular flexibility index (Phi) is 4.00. The first-order valence-electron chi connectivity index (χ1n) is 5.93. The molecule has 1 heterocycles. The Bertz CT molecular complexity index is 471. The molecule has 0 amide bonds. The van der Waals surface area contributed by atoms with E-state index in [9.17, 15) is 0 Å². The highest BCUT2D eigenvalue weighted by atomic mass is 79.9. The van der Waals surface area contributed by atoms with Crippen molar-refractivity contribution in [2.45, 2.75) is 26.8 Å². The highest BCUT2D eigenvalue weighted by molar-refractivity contribution is 9.10. The molecule has 1 aromatic carbocycles. The van der Waals surface area contributed by atoms with Crippen molar-refractivity contribution in [2.75, 3.05) is 0 Å². The van der Waals surface area contributed by atoms with E-state index in [1.807, 2.05) is 10.9 Å². The Morgan fingerprint density at radius 2 is 1.88 bits per heavy atom. The Balaban J connectivity index is 2.10. The molecular formula is C14H17BrN2. The molecule has 2 nitrogen and oxygen atoms in total. The fourth-order valence-electron chi connectivity index (χ4n) is 1.67. The summed E-state index contributed by atoms with van der Waals surface area (Å²) in [6.45, 7) is 5.46. The zero-order chi connectivity index (χ0) is 12.3. The summed E-state index contributed by atoms with van der Waals surface area (Å²) < 4.78 is 3.13. The maximum atomic E-state index is 4.39. The zero-order valence-electron chi connectivity index (χ0n) is 10.2. The summed E-state index contributed by atoms with van der Waals surface area (Å²) in [6.07, 6.45) is 5.22. The second-order valence-electron chi connectivity index (χ2n) is 4.68. The summed E-state index contributed by atoms with van der Waals surface area (Å²) in [5.41, 5.74) is 2.39. The molecule has 0 aliphatic heterocycles. The van der Waals surface area contributed by atoms with Crippen molar-refractivity contribution in [1.82, 2.24) is 9.78 Å². The van der Waals surface area contributed by atoms with E-state index in [1.165, 1.54) is 17.5 Å². The first-order valence-corrected chi connectivity index (χ1v) is 6.73. The fraction of sp³-hybridized carbons (Fsp3) is 0.357. The van der Waals surface area contributed by atoms with Gasteiger partial charge in [0.2, 0.25) is 0 Å². The lowest BCUT2D eigenvalue weighted by Gasteiger charge is -2.03. The second-order valence-corrected chi connectivity index (χ2v) is 5.60. The average molecular weight is 293 g/mol. The predicted molar refractivity (Wildman–Crippen MR) is 74.8 cm³/mol. The smallest absolute Gasteiger partial charge is 0.0568 e. The monoisotopic (exact) mass is 292 g/mol. The van der Waals surface area contributed by atoms with Gasteiger partial charge in [-0.1, -0.05) is 41.9 Å². The number of halogens is 1. The van der Waals surface area contributed by atoms with Gasteiger partial charge in [0.1, 0.15) is 0 Å². The van der Waals surface area contributed by atoms with Crippen molar-refractivity contribution in [3.63, 3.8) is 0 Å². The lowest BCUT2D eigenvalue weighted by atomic mass is 10.1. The number of aryl methyl sites for hydroxylation is 1. The van der Waals surface area contributed by atoms with Gasteiger partial charge in [-0.05, 0) is 30.0 Å². The van der Waals surface area contributed by atoms with E-state index in [0.29, 0.717) is 0 Å². The molecule has 2 aromatic rings. The number of nitrogens with zero attached hydrogens (tertiary/aromatic N) is 2.